The van der Waals surface area contributed by atoms with Gasteiger partial charge < -0.3 is 20.3 Å². The Morgan fingerprint density at radius 2 is 1.85 bits per heavy atom. The van der Waals surface area contributed by atoms with E-state index >= 15 is 0 Å². The molecule has 0 spiro atoms. The smallest absolute Gasteiger partial charge is 0.138 e. The largest absolute Gasteiger partial charge is 0.506 e. The first-order valence-electron chi connectivity index (χ1n) is 5.39. The Hall–Kier alpha value is -1.85. The maximum Gasteiger partial charge on any atom is 0.138 e. The summed E-state index contributed by atoms with van der Waals surface area (Å²) in [7, 11) is 1.59. The van der Waals surface area contributed by atoms with Crippen molar-refractivity contribution in [3.05, 3.63) is 42.2 Å². The molecule has 3 N–H and O–H groups in total. The minimum atomic E-state index is 0. The number of nitrogens with zero attached hydrogens (tertiary/aromatic N) is 1. The molecule has 0 saturated heterocycles. The van der Waals surface area contributed by atoms with Gasteiger partial charge in [0.25, 0.3) is 0 Å². The van der Waals surface area contributed by atoms with Crippen molar-refractivity contribution in [2.45, 2.75) is 6.61 Å². The van der Waals surface area contributed by atoms with Gasteiger partial charge in [-0.2, -0.15) is 0 Å². The molecule has 110 valence electrons. The summed E-state index contributed by atoms with van der Waals surface area (Å²) in [5.74, 6) is 1.33. The van der Waals surface area contributed by atoms with E-state index in [0.29, 0.717) is 18.1 Å². The van der Waals surface area contributed by atoms with Gasteiger partial charge in [0, 0.05) is 6.07 Å². The highest BCUT2D eigenvalue weighted by atomic mass is 35.5. The summed E-state index contributed by atoms with van der Waals surface area (Å²) in [6, 6.07) is 8.35. The SMILES string of the molecule is COc1ccc(COc2ccc(O)c(N)c2)nc1.Cl.Cl. The van der Waals surface area contributed by atoms with Gasteiger partial charge in [0.15, 0.2) is 0 Å². The molecular weight excluding hydrogens is 303 g/mol. The third-order valence-corrected chi connectivity index (χ3v) is 2.42. The van der Waals surface area contributed by atoms with Crippen molar-refractivity contribution in [2.75, 3.05) is 12.8 Å². The minimum absolute atomic E-state index is 0. The molecule has 5 nitrogen and oxygen atoms in total. The van der Waals surface area contributed by atoms with Gasteiger partial charge in [-0.05, 0) is 24.3 Å². The van der Waals surface area contributed by atoms with Crippen molar-refractivity contribution >= 4 is 30.5 Å². The molecule has 0 aliphatic carbocycles. The van der Waals surface area contributed by atoms with Crippen LogP contribution >= 0.6 is 24.8 Å². The second-order valence-electron chi connectivity index (χ2n) is 3.70. The molecule has 0 amide bonds. The molecule has 0 bridgehead atoms. The molecule has 0 unspecified atom stereocenters. The molecule has 0 aliphatic rings. The van der Waals surface area contributed by atoms with Gasteiger partial charge in [-0.1, -0.05) is 0 Å². The van der Waals surface area contributed by atoms with Crippen molar-refractivity contribution in [1.82, 2.24) is 4.98 Å². The van der Waals surface area contributed by atoms with Crippen LogP contribution in [-0.2, 0) is 6.61 Å². The zero-order chi connectivity index (χ0) is 13.0. The number of phenols is 1. The molecule has 2 rings (SSSR count). The number of halogens is 2. The predicted octanol–water partition coefficient (Wildman–Crippen LogP) is 2.80. The van der Waals surface area contributed by atoms with Crippen molar-refractivity contribution in [1.29, 1.82) is 0 Å². The number of aromatic nitrogens is 1. The van der Waals surface area contributed by atoms with Crippen molar-refractivity contribution in [3.63, 3.8) is 0 Å². The lowest BCUT2D eigenvalue weighted by Crippen LogP contribution is -1.99. The normalized spacial score (nSPS) is 9.05. The first-order valence-corrected chi connectivity index (χ1v) is 5.39. The van der Waals surface area contributed by atoms with E-state index in [1.807, 2.05) is 12.1 Å². The summed E-state index contributed by atoms with van der Waals surface area (Å²) in [4.78, 5) is 4.17. The van der Waals surface area contributed by atoms with E-state index in [9.17, 15) is 5.11 Å². The Morgan fingerprint density at radius 1 is 1.15 bits per heavy atom. The van der Waals surface area contributed by atoms with Crippen LogP contribution in [0, 0.1) is 0 Å². The van der Waals surface area contributed by atoms with Crippen LogP contribution in [0.25, 0.3) is 0 Å². The summed E-state index contributed by atoms with van der Waals surface area (Å²) in [6.07, 6.45) is 1.63. The fourth-order valence-corrected chi connectivity index (χ4v) is 1.40. The average molecular weight is 319 g/mol. The van der Waals surface area contributed by atoms with Crippen LogP contribution in [0.4, 0.5) is 5.69 Å². The minimum Gasteiger partial charge on any atom is -0.506 e. The molecule has 1 heterocycles. The van der Waals surface area contributed by atoms with Crippen molar-refractivity contribution in [3.8, 4) is 17.2 Å². The third-order valence-electron chi connectivity index (χ3n) is 2.42. The van der Waals surface area contributed by atoms with E-state index in [1.54, 1.807) is 25.4 Å². The maximum atomic E-state index is 9.28. The molecule has 1 aromatic carbocycles. The maximum absolute atomic E-state index is 9.28. The molecule has 1 aromatic heterocycles. The number of benzene rings is 1. The van der Waals surface area contributed by atoms with Crippen LogP contribution in [0.2, 0.25) is 0 Å². The van der Waals surface area contributed by atoms with E-state index in [4.69, 9.17) is 15.2 Å². The first-order chi connectivity index (χ1) is 8.69. The molecule has 7 heteroatoms. The van der Waals surface area contributed by atoms with Crippen LogP contribution in [0.5, 0.6) is 17.2 Å². The topological polar surface area (TPSA) is 77.6 Å². The van der Waals surface area contributed by atoms with Gasteiger partial charge in [0.05, 0.1) is 24.7 Å². The number of rotatable bonds is 4. The van der Waals surface area contributed by atoms with Gasteiger partial charge in [0.1, 0.15) is 23.9 Å². The monoisotopic (exact) mass is 318 g/mol. The average Bonchev–Trinajstić information content (AvgIpc) is 2.41. The number of anilines is 1. The molecule has 2 aromatic rings. The number of nitrogens with two attached hydrogens (primary N) is 1. The number of hydrogen-bond acceptors (Lipinski definition) is 5. The van der Waals surface area contributed by atoms with Crippen LogP contribution in [0.1, 0.15) is 5.69 Å². The molecule has 0 radical (unpaired) electrons. The Bertz CT molecular complexity index is 536. The highest BCUT2D eigenvalue weighted by molar-refractivity contribution is 5.85. The zero-order valence-electron chi connectivity index (χ0n) is 10.8. The second-order valence-corrected chi connectivity index (χ2v) is 3.70. The lowest BCUT2D eigenvalue weighted by atomic mass is 10.3. The van der Waals surface area contributed by atoms with E-state index in [0.717, 1.165) is 5.69 Å². The number of phenolic OH excluding ortho intramolecular Hbond substituents is 1. The first kappa shape index (κ1) is 18.1. The molecule has 0 atom stereocenters. The number of ether oxygens (including phenoxy) is 2. The van der Waals surface area contributed by atoms with Gasteiger partial charge in [-0.25, -0.2) is 0 Å². The lowest BCUT2D eigenvalue weighted by Gasteiger charge is -2.07. The van der Waals surface area contributed by atoms with E-state index in [2.05, 4.69) is 4.98 Å². The Labute approximate surface area is 129 Å². The summed E-state index contributed by atoms with van der Waals surface area (Å²) < 4.78 is 10.5. The Balaban J connectivity index is 0.00000180. The molecule has 0 saturated carbocycles. The van der Waals surface area contributed by atoms with Gasteiger partial charge in [-0.15, -0.1) is 24.8 Å². The van der Waals surface area contributed by atoms with Crippen LogP contribution in [0.15, 0.2) is 36.5 Å². The molecular formula is C13H16Cl2N2O3. The zero-order valence-corrected chi connectivity index (χ0v) is 12.4. The molecule has 0 aliphatic heterocycles. The number of nitrogen functional groups attached to an aromatic ring is 1. The predicted molar refractivity (Wildman–Crippen MR) is 82.1 cm³/mol. The van der Waals surface area contributed by atoms with Gasteiger partial charge >= 0.3 is 0 Å². The van der Waals surface area contributed by atoms with Crippen molar-refractivity contribution in [2.24, 2.45) is 0 Å². The summed E-state index contributed by atoms with van der Waals surface area (Å²) in [6.45, 7) is 0.328. The van der Waals surface area contributed by atoms with Gasteiger partial charge in [0.2, 0.25) is 0 Å². The third kappa shape index (κ3) is 4.68. The summed E-state index contributed by atoms with van der Waals surface area (Å²) in [5.41, 5.74) is 6.63. The number of hydrogen-bond donors (Lipinski definition) is 2. The van der Waals surface area contributed by atoms with Crippen molar-refractivity contribution < 1.29 is 14.6 Å². The van der Waals surface area contributed by atoms with Gasteiger partial charge in [-0.3, -0.25) is 4.98 Å². The number of methoxy groups -OCH3 is 1. The highest BCUT2D eigenvalue weighted by Crippen LogP contribution is 2.25. The standard InChI is InChI=1S/C13H14N2O3.2ClH/c1-17-11-3-2-9(15-7-11)8-18-10-4-5-13(16)12(14)6-10;;/h2-7,16H,8,14H2,1H3;2*1H. The molecule has 0 fully saturated rings. The Kier molecular flexibility index (Phi) is 7.57. The number of aromatic hydroxyl groups is 1. The summed E-state index contributed by atoms with van der Waals surface area (Å²) >= 11 is 0. The Morgan fingerprint density at radius 3 is 2.40 bits per heavy atom. The lowest BCUT2D eigenvalue weighted by molar-refractivity contribution is 0.300. The van der Waals surface area contributed by atoms with Crippen LogP contribution in [0.3, 0.4) is 0 Å². The van der Waals surface area contributed by atoms with E-state index < -0.39 is 0 Å². The molecule has 20 heavy (non-hydrogen) atoms. The quantitative estimate of drug-likeness (QED) is 0.669. The second kappa shape index (κ2) is 8.35. The fraction of sp³-hybridized carbons (Fsp3) is 0.154. The summed E-state index contributed by atoms with van der Waals surface area (Å²) in [5, 5.41) is 9.28. The van der Waals surface area contributed by atoms with E-state index in [1.165, 1.54) is 6.07 Å². The van der Waals surface area contributed by atoms with Crippen LogP contribution in [-0.4, -0.2) is 17.2 Å². The fourth-order valence-electron chi connectivity index (χ4n) is 1.40. The number of pyridine rings is 1. The van der Waals surface area contributed by atoms with E-state index in [-0.39, 0.29) is 36.3 Å². The highest BCUT2D eigenvalue weighted by Gasteiger charge is 2.01. The van der Waals surface area contributed by atoms with Crippen LogP contribution < -0.4 is 15.2 Å².